The van der Waals surface area contributed by atoms with Gasteiger partial charge in [-0.05, 0) is 62.3 Å². The first-order chi connectivity index (χ1) is 15.6. The average molecular weight is 473 g/mol. The van der Waals surface area contributed by atoms with Crippen molar-refractivity contribution < 1.29 is 9.47 Å². The Morgan fingerprint density at radius 2 is 1.84 bits per heavy atom. The summed E-state index contributed by atoms with van der Waals surface area (Å²) in [6.45, 7) is 0.672. The number of anilines is 2. The monoisotopic (exact) mass is 472 g/mol. The molecule has 2 aromatic carbocycles. The quantitative estimate of drug-likeness (QED) is 0.440. The molecule has 2 fully saturated rings. The highest BCUT2D eigenvalue weighted by atomic mass is 35.5. The predicted octanol–water partition coefficient (Wildman–Crippen LogP) is 5.99. The van der Waals surface area contributed by atoms with E-state index in [1.807, 2.05) is 18.2 Å². The SMILES string of the molecule is COc1cc2c(Nc3ccc(Cl)c(Cl)c3)ncnc2cc1OCCC1CC2CCC(C1)N2. The van der Waals surface area contributed by atoms with Gasteiger partial charge in [0.1, 0.15) is 12.1 Å². The summed E-state index contributed by atoms with van der Waals surface area (Å²) in [7, 11) is 1.65. The molecule has 1 aromatic heterocycles. The number of hydrogen-bond acceptors (Lipinski definition) is 6. The van der Waals surface area contributed by atoms with Crippen LogP contribution in [0.15, 0.2) is 36.7 Å². The van der Waals surface area contributed by atoms with Gasteiger partial charge in [-0.15, -0.1) is 0 Å². The lowest BCUT2D eigenvalue weighted by Gasteiger charge is -2.29. The van der Waals surface area contributed by atoms with E-state index in [1.54, 1.807) is 19.2 Å². The summed E-state index contributed by atoms with van der Waals surface area (Å²) in [6, 6.07) is 10.6. The Hall–Kier alpha value is -2.28. The van der Waals surface area contributed by atoms with Crippen LogP contribution in [0.2, 0.25) is 10.0 Å². The molecule has 168 valence electrons. The molecule has 2 unspecified atom stereocenters. The molecule has 0 radical (unpaired) electrons. The lowest BCUT2D eigenvalue weighted by molar-refractivity contribution is 0.222. The predicted molar refractivity (Wildman–Crippen MR) is 129 cm³/mol. The zero-order valence-electron chi connectivity index (χ0n) is 17.9. The Bertz CT molecular complexity index is 1110. The standard InChI is InChI=1S/C24H26Cl2N4O2/c1-31-22-11-18-21(27-13-28-24(18)30-17-4-5-19(25)20(26)10-17)12-23(22)32-7-6-14-8-15-2-3-16(9-14)29-15/h4-5,10-16,29H,2-3,6-9H2,1H3,(H,27,28,30). The molecular weight excluding hydrogens is 447 g/mol. The van der Waals surface area contributed by atoms with Crippen molar-refractivity contribution in [2.75, 3.05) is 19.0 Å². The lowest BCUT2D eigenvalue weighted by atomic mass is 9.90. The first-order valence-corrected chi connectivity index (χ1v) is 11.8. The summed E-state index contributed by atoms with van der Waals surface area (Å²) >= 11 is 12.2. The molecule has 3 heterocycles. The number of aromatic nitrogens is 2. The van der Waals surface area contributed by atoms with Crippen LogP contribution in [0.1, 0.15) is 32.1 Å². The first kappa shape index (κ1) is 21.6. The fraction of sp³-hybridized carbons (Fsp3) is 0.417. The van der Waals surface area contributed by atoms with Crippen molar-refractivity contribution >= 4 is 45.6 Å². The third-order valence-corrected chi connectivity index (χ3v) is 7.20. The minimum atomic E-state index is 0.477. The van der Waals surface area contributed by atoms with Gasteiger partial charge in [-0.25, -0.2) is 9.97 Å². The zero-order valence-corrected chi connectivity index (χ0v) is 19.4. The average Bonchev–Trinajstić information content (AvgIpc) is 3.14. The summed E-state index contributed by atoms with van der Waals surface area (Å²) in [4.78, 5) is 8.84. The van der Waals surface area contributed by atoms with Crippen LogP contribution < -0.4 is 20.1 Å². The van der Waals surface area contributed by atoms with Gasteiger partial charge in [0.25, 0.3) is 0 Å². The molecular formula is C24H26Cl2N4O2. The number of nitrogens with one attached hydrogen (secondary N) is 2. The van der Waals surface area contributed by atoms with Gasteiger partial charge >= 0.3 is 0 Å². The maximum Gasteiger partial charge on any atom is 0.163 e. The molecule has 8 heteroatoms. The van der Waals surface area contributed by atoms with Crippen LogP contribution in [-0.4, -0.2) is 35.8 Å². The van der Waals surface area contributed by atoms with E-state index in [9.17, 15) is 0 Å². The van der Waals surface area contributed by atoms with Gasteiger partial charge in [0.05, 0.1) is 29.3 Å². The summed E-state index contributed by atoms with van der Waals surface area (Å²) in [5.74, 6) is 2.75. The van der Waals surface area contributed by atoms with Crippen LogP contribution in [-0.2, 0) is 0 Å². The number of rotatable bonds is 7. The maximum absolute atomic E-state index is 6.16. The zero-order chi connectivity index (χ0) is 22.1. The molecule has 3 aromatic rings. The minimum absolute atomic E-state index is 0.477. The van der Waals surface area contributed by atoms with E-state index in [4.69, 9.17) is 32.7 Å². The number of ether oxygens (including phenoxy) is 2. The Morgan fingerprint density at radius 1 is 1.03 bits per heavy atom. The number of nitrogens with zero attached hydrogens (tertiary/aromatic N) is 2. The molecule has 2 saturated heterocycles. The number of methoxy groups -OCH3 is 1. The number of piperidine rings is 1. The molecule has 2 N–H and O–H groups in total. The van der Waals surface area contributed by atoms with Crippen LogP contribution in [0.4, 0.5) is 11.5 Å². The number of benzene rings is 2. The third-order valence-electron chi connectivity index (χ3n) is 6.46. The molecule has 0 aliphatic carbocycles. The molecule has 0 spiro atoms. The van der Waals surface area contributed by atoms with Gasteiger partial charge < -0.3 is 20.1 Å². The van der Waals surface area contributed by atoms with Gasteiger partial charge in [0.15, 0.2) is 11.5 Å². The highest BCUT2D eigenvalue weighted by Gasteiger charge is 2.33. The van der Waals surface area contributed by atoms with Crippen molar-refractivity contribution in [2.45, 2.75) is 44.2 Å². The van der Waals surface area contributed by atoms with Gasteiger partial charge in [0, 0.05) is 29.2 Å². The molecule has 5 rings (SSSR count). The van der Waals surface area contributed by atoms with Gasteiger partial charge in [0.2, 0.25) is 0 Å². The molecule has 6 nitrogen and oxygen atoms in total. The molecule has 2 atom stereocenters. The smallest absolute Gasteiger partial charge is 0.163 e. The fourth-order valence-corrected chi connectivity index (χ4v) is 5.19. The van der Waals surface area contributed by atoms with Crippen molar-refractivity contribution in [3.05, 3.63) is 46.7 Å². The van der Waals surface area contributed by atoms with Crippen molar-refractivity contribution in [2.24, 2.45) is 5.92 Å². The van der Waals surface area contributed by atoms with Crippen LogP contribution in [0.5, 0.6) is 11.5 Å². The van der Waals surface area contributed by atoms with E-state index in [0.717, 1.165) is 28.9 Å². The van der Waals surface area contributed by atoms with E-state index < -0.39 is 0 Å². The molecule has 32 heavy (non-hydrogen) atoms. The maximum atomic E-state index is 6.16. The Labute approximate surface area is 197 Å². The van der Waals surface area contributed by atoms with Gasteiger partial charge in [-0.3, -0.25) is 0 Å². The van der Waals surface area contributed by atoms with Crippen molar-refractivity contribution in [1.82, 2.24) is 15.3 Å². The second-order valence-electron chi connectivity index (χ2n) is 8.61. The van der Waals surface area contributed by atoms with Gasteiger partial charge in [-0.2, -0.15) is 0 Å². The topological polar surface area (TPSA) is 68.3 Å². The van der Waals surface area contributed by atoms with Crippen LogP contribution in [0, 0.1) is 5.92 Å². The highest BCUT2D eigenvalue weighted by Crippen LogP contribution is 2.37. The summed E-state index contributed by atoms with van der Waals surface area (Å²) in [5.41, 5.74) is 1.56. The molecule has 0 amide bonds. The van der Waals surface area contributed by atoms with E-state index in [1.165, 1.54) is 32.0 Å². The largest absolute Gasteiger partial charge is 0.493 e. The van der Waals surface area contributed by atoms with Crippen LogP contribution in [0.25, 0.3) is 10.9 Å². The Balaban J connectivity index is 1.32. The second kappa shape index (κ2) is 9.30. The number of hydrogen-bond donors (Lipinski definition) is 2. The molecule has 2 bridgehead atoms. The Morgan fingerprint density at radius 3 is 2.59 bits per heavy atom. The van der Waals surface area contributed by atoms with E-state index in [0.29, 0.717) is 46.1 Å². The van der Waals surface area contributed by atoms with Crippen molar-refractivity contribution in [3.63, 3.8) is 0 Å². The van der Waals surface area contributed by atoms with Gasteiger partial charge in [-0.1, -0.05) is 23.2 Å². The Kier molecular flexibility index (Phi) is 6.26. The molecule has 0 saturated carbocycles. The third kappa shape index (κ3) is 4.58. The first-order valence-electron chi connectivity index (χ1n) is 11.0. The lowest BCUT2D eigenvalue weighted by Crippen LogP contribution is -2.38. The number of fused-ring (bicyclic) bond motifs is 3. The summed E-state index contributed by atoms with van der Waals surface area (Å²) < 4.78 is 11.8. The molecule has 2 aliphatic heterocycles. The van der Waals surface area contributed by atoms with E-state index in [2.05, 4.69) is 20.6 Å². The van der Waals surface area contributed by atoms with Crippen molar-refractivity contribution in [1.29, 1.82) is 0 Å². The highest BCUT2D eigenvalue weighted by molar-refractivity contribution is 6.42. The van der Waals surface area contributed by atoms with Crippen molar-refractivity contribution in [3.8, 4) is 11.5 Å². The number of halogens is 2. The van der Waals surface area contributed by atoms with Crippen LogP contribution in [0.3, 0.4) is 0 Å². The van der Waals surface area contributed by atoms with Crippen LogP contribution >= 0.6 is 23.2 Å². The fourth-order valence-electron chi connectivity index (χ4n) is 4.89. The van der Waals surface area contributed by atoms with E-state index >= 15 is 0 Å². The summed E-state index contributed by atoms with van der Waals surface area (Å²) in [6.07, 6.45) is 7.74. The molecule has 2 aliphatic rings. The normalized spacial score (nSPS) is 22.2. The summed E-state index contributed by atoms with van der Waals surface area (Å²) in [5, 5.41) is 8.80. The minimum Gasteiger partial charge on any atom is -0.493 e. The van der Waals surface area contributed by atoms with E-state index in [-0.39, 0.29) is 0 Å². The second-order valence-corrected chi connectivity index (χ2v) is 9.42.